The fraction of sp³-hybridized carbons (Fsp3) is 0.0714. The highest BCUT2D eigenvalue weighted by molar-refractivity contribution is 9.10. The number of hydrogen-bond acceptors (Lipinski definition) is 1. The van der Waals surface area contributed by atoms with Crippen LogP contribution in [0.5, 0.6) is 0 Å². The predicted octanol–water partition coefficient (Wildman–Crippen LogP) is 3.67. The van der Waals surface area contributed by atoms with Gasteiger partial charge in [0.05, 0.1) is 0 Å². The monoisotopic (exact) mass is 290 g/mol. The molecule has 0 spiro atoms. The lowest BCUT2D eigenvalue weighted by Crippen LogP contribution is -2.13. The second-order valence-electron chi connectivity index (χ2n) is 3.70. The number of carbonyl (C=O) groups is 1. The van der Waals surface area contributed by atoms with Crippen LogP contribution in [0, 0.1) is 0 Å². The van der Waals surface area contributed by atoms with Gasteiger partial charge in [-0.1, -0.05) is 64.5 Å². The zero-order chi connectivity index (χ0) is 12.3. The largest absolute Gasteiger partial charge is 0.481 e. The number of halogens is 1. The molecule has 3 heteroatoms. The van der Waals surface area contributed by atoms with Gasteiger partial charge in [-0.15, -0.1) is 0 Å². The maximum Gasteiger partial charge on any atom is 0.315 e. The first-order valence-electron chi connectivity index (χ1n) is 5.22. The van der Waals surface area contributed by atoms with Crippen molar-refractivity contribution >= 4 is 21.9 Å². The molecule has 0 amide bonds. The molecule has 2 aromatic carbocycles. The summed E-state index contributed by atoms with van der Waals surface area (Å²) in [6.45, 7) is 0. The van der Waals surface area contributed by atoms with Crippen molar-refractivity contribution in [2.45, 2.75) is 5.92 Å². The molecule has 0 aliphatic heterocycles. The minimum absolute atomic E-state index is 0.633. The van der Waals surface area contributed by atoms with E-state index in [4.69, 9.17) is 0 Å². The molecule has 2 nitrogen and oxygen atoms in total. The molecule has 0 heterocycles. The van der Waals surface area contributed by atoms with Crippen LogP contribution < -0.4 is 0 Å². The molecule has 2 rings (SSSR count). The Kier molecular flexibility index (Phi) is 3.59. The third kappa shape index (κ3) is 2.56. The van der Waals surface area contributed by atoms with Gasteiger partial charge < -0.3 is 5.11 Å². The zero-order valence-electron chi connectivity index (χ0n) is 9.01. The third-order valence-corrected chi connectivity index (χ3v) is 3.32. The van der Waals surface area contributed by atoms with Crippen LogP contribution in [-0.4, -0.2) is 11.1 Å². The van der Waals surface area contributed by atoms with Gasteiger partial charge in [0.1, 0.15) is 5.92 Å². The normalized spacial score (nSPS) is 12.1. The van der Waals surface area contributed by atoms with E-state index in [1.807, 2.05) is 54.6 Å². The quantitative estimate of drug-likeness (QED) is 0.937. The van der Waals surface area contributed by atoms with Gasteiger partial charge in [-0.05, 0) is 17.2 Å². The van der Waals surface area contributed by atoms with Crippen LogP contribution in [0.25, 0.3) is 0 Å². The second-order valence-corrected chi connectivity index (χ2v) is 4.56. The zero-order valence-corrected chi connectivity index (χ0v) is 10.6. The Labute approximate surface area is 108 Å². The first-order valence-corrected chi connectivity index (χ1v) is 6.01. The Bertz CT molecular complexity index is 523. The smallest absolute Gasteiger partial charge is 0.315 e. The maximum atomic E-state index is 11.4. The van der Waals surface area contributed by atoms with E-state index in [1.54, 1.807) is 0 Å². The maximum absolute atomic E-state index is 11.4. The lowest BCUT2D eigenvalue weighted by Gasteiger charge is -2.14. The molecule has 2 aromatic rings. The van der Waals surface area contributed by atoms with Crippen LogP contribution >= 0.6 is 15.9 Å². The number of carboxylic acid groups (broad SMARTS) is 1. The molecule has 0 bridgehead atoms. The van der Waals surface area contributed by atoms with Crippen molar-refractivity contribution < 1.29 is 9.90 Å². The molecule has 0 fully saturated rings. The predicted molar refractivity (Wildman–Crippen MR) is 70.1 cm³/mol. The summed E-state index contributed by atoms with van der Waals surface area (Å²) in [7, 11) is 0. The summed E-state index contributed by atoms with van der Waals surface area (Å²) in [5.41, 5.74) is 1.55. The van der Waals surface area contributed by atoms with Gasteiger partial charge in [-0.25, -0.2) is 0 Å². The van der Waals surface area contributed by atoms with Gasteiger partial charge in [-0.3, -0.25) is 4.79 Å². The molecule has 0 saturated carbocycles. The standard InChI is InChI=1S/C14H11BrO2/c15-12-9-5-4-8-11(12)13(14(16)17)10-6-2-1-3-7-10/h1-9,13H,(H,16,17). The van der Waals surface area contributed by atoms with E-state index in [1.165, 1.54) is 0 Å². The fourth-order valence-electron chi connectivity index (χ4n) is 1.81. The average molecular weight is 291 g/mol. The molecule has 17 heavy (non-hydrogen) atoms. The Morgan fingerprint density at radius 3 is 2.18 bits per heavy atom. The summed E-state index contributed by atoms with van der Waals surface area (Å²) in [6.07, 6.45) is 0. The van der Waals surface area contributed by atoms with Crippen molar-refractivity contribution in [2.24, 2.45) is 0 Å². The van der Waals surface area contributed by atoms with Crippen molar-refractivity contribution in [3.05, 3.63) is 70.2 Å². The molecule has 0 aromatic heterocycles. The molecule has 0 saturated heterocycles. The minimum Gasteiger partial charge on any atom is -0.481 e. The topological polar surface area (TPSA) is 37.3 Å². The number of aliphatic carboxylic acids is 1. The van der Waals surface area contributed by atoms with E-state index < -0.39 is 11.9 Å². The van der Waals surface area contributed by atoms with Crippen LogP contribution in [0.4, 0.5) is 0 Å². The van der Waals surface area contributed by atoms with E-state index in [2.05, 4.69) is 15.9 Å². The van der Waals surface area contributed by atoms with Crippen molar-refractivity contribution in [1.29, 1.82) is 0 Å². The SMILES string of the molecule is O=C(O)C(c1ccccc1)c1ccccc1Br. The summed E-state index contributed by atoms with van der Waals surface area (Å²) < 4.78 is 0.816. The molecule has 86 valence electrons. The van der Waals surface area contributed by atoms with Gasteiger partial charge in [-0.2, -0.15) is 0 Å². The molecular formula is C14H11BrO2. The summed E-state index contributed by atoms with van der Waals surface area (Å²) in [5, 5.41) is 9.38. The van der Waals surface area contributed by atoms with Crippen LogP contribution in [-0.2, 0) is 4.79 Å². The van der Waals surface area contributed by atoms with Crippen molar-refractivity contribution in [3.8, 4) is 0 Å². The van der Waals surface area contributed by atoms with Crippen LogP contribution in [0.3, 0.4) is 0 Å². The Morgan fingerprint density at radius 2 is 1.59 bits per heavy atom. The van der Waals surface area contributed by atoms with Crippen molar-refractivity contribution in [3.63, 3.8) is 0 Å². The van der Waals surface area contributed by atoms with E-state index in [0.717, 1.165) is 15.6 Å². The Hall–Kier alpha value is -1.61. The average Bonchev–Trinajstić information content (AvgIpc) is 2.33. The molecule has 0 radical (unpaired) electrons. The molecule has 1 atom stereocenters. The van der Waals surface area contributed by atoms with Crippen molar-refractivity contribution in [1.82, 2.24) is 0 Å². The summed E-state index contributed by atoms with van der Waals surface area (Å²) in [4.78, 5) is 11.4. The summed E-state index contributed by atoms with van der Waals surface area (Å²) in [5.74, 6) is -1.48. The fourth-order valence-corrected chi connectivity index (χ4v) is 2.32. The molecule has 0 aliphatic carbocycles. The van der Waals surface area contributed by atoms with Crippen LogP contribution in [0.2, 0.25) is 0 Å². The van der Waals surface area contributed by atoms with E-state index in [0.29, 0.717) is 0 Å². The summed E-state index contributed by atoms with van der Waals surface area (Å²) in [6, 6.07) is 16.6. The third-order valence-electron chi connectivity index (χ3n) is 2.60. The molecular weight excluding hydrogens is 280 g/mol. The number of carboxylic acids is 1. The van der Waals surface area contributed by atoms with Gasteiger partial charge in [0, 0.05) is 4.47 Å². The first-order chi connectivity index (χ1) is 8.20. The van der Waals surface area contributed by atoms with Gasteiger partial charge >= 0.3 is 5.97 Å². The lowest BCUT2D eigenvalue weighted by atomic mass is 9.91. The van der Waals surface area contributed by atoms with Gasteiger partial charge in [0.2, 0.25) is 0 Å². The Balaban J connectivity index is 2.51. The minimum atomic E-state index is -0.844. The number of benzene rings is 2. The highest BCUT2D eigenvalue weighted by Gasteiger charge is 2.23. The molecule has 1 unspecified atom stereocenters. The van der Waals surface area contributed by atoms with E-state index >= 15 is 0 Å². The molecule has 1 N–H and O–H groups in total. The van der Waals surface area contributed by atoms with E-state index in [9.17, 15) is 9.90 Å². The summed E-state index contributed by atoms with van der Waals surface area (Å²) >= 11 is 3.40. The van der Waals surface area contributed by atoms with Gasteiger partial charge in [0.15, 0.2) is 0 Å². The number of rotatable bonds is 3. The first kappa shape index (κ1) is 11.9. The van der Waals surface area contributed by atoms with Crippen LogP contribution in [0.15, 0.2) is 59.1 Å². The van der Waals surface area contributed by atoms with E-state index in [-0.39, 0.29) is 0 Å². The lowest BCUT2D eigenvalue weighted by molar-refractivity contribution is -0.137. The highest BCUT2D eigenvalue weighted by atomic mass is 79.9. The highest BCUT2D eigenvalue weighted by Crippen LogP contribution is 2.30. The number of hydrogen-bond donors (Lipinski definition) is 1. The van der Waals surface area contributed by atoms with Gasteiger partial charge in [0.25, 0.3) is 0 Å². The molecule has 0 aliphatic rings. The van der Waals surface area contributed by atoms with Crippen LogP contribution in [0.1, 0.15) is 17.0 Å². The van der Waals surface area contributed by atoms with Crippen molar-refractivity contribution in [2.75, 3.05) is 0 Å². The Morgan fingerprint density at radius 1 is 1.00 bits per heavy atom. The second kappa shape index (κ2) is 5.15.